The Labute approximate surface area is 101 Å². The molecule has 1 aromatic rings. The Morgan fingerprint density at radius 2 is 1.94 bits per heavy atom. The molecule has 1 aliphatic heterocycles. The van der Waals surface area contributed by atoms with E-state index in [1.165, 1.54) is 0 Å². The molecule has 0 bridgehead atoms. The molecule has 2 rings (SSSR count). The van der Waals surface area contributed by atoms with E-state index in [-0.39, 0.29) is 13.1 Å². The fourth-order valence-electron chi connectivity index (χ4n) is 1.62. The summed E-state index contributed by atoms with van der Waals surface area (Å²) in [5.74, 6) is -0.961. The van der Waals surface area contributed by atoms with Crippen LogP contribution in [0, 0.1) is 0 Å². The third-order valence-corrected chi connectivity index (χ3v) is 2.72. The molecule has 0 spiro atoms. The van der Waals surface area contributed by atoms with Gasteiger partial charge in [-0.25, -0.2) is 0 Å². The molecular formula is C11H10BrNO3. The predicted octanol–water partition coefficient (Wildman–Crippen LogP) is 1.33. The van der Waals surface area contributed by atoms with Crippen LogP contribution >= 0.6 is 15.9 Å². The van der Waals surface area contributed by atoms with Crippen LogP contribution in [-0.4, -0.2) is 29.9 Å². The van der Waals surface area contributed by atoms with Crippen molar-refractivity contribution < 1.29 is 14.3 Å². The van der Waals surface area contributed by atoms with Crippen LogP contribution in [0.25, 0.3) is 0 Å². The topological polar surface area (TPSA) is 46.6 Å². The number of esters is 2. The standard InChI is InChI=1S/C11H10BrNO3/c12-9-3-1-2-8(4-9)5-13-6-10(14)16-11(15)7-13/h1-4H,5-7H2. The first-order valence-electron chi connectivity index (χ1n) is 4.84. The molecule has 0 unspecified atom stereocenters. The number of cyclic esters (lactones) is 2. The molecule has 4 nitrogen and oxygen atoms in total. The first kappa shape index (κ1) is 11.3. The highest BCUT2D eigenvalue weighted by Gasteiger charge is 2.24. The molecule has 0 atom stereocenters. The lowest BCUT2D eigenvalue weighted by molar-refractivity contribution is -0.167. The molecule has 1 aliphatic rings. The Bertz CT molecular complexity index is 417. The highest BCUT2D eigenvalue weighted by molar-refractivity contribution is 9.10. The van der Waals surface area contributed by atoms with Gasteiger partial charge in [0.15, 0.2) is 0 Å². The minimum absolute atomic E-state index is 0.165. The van der Waals surface area contributed by atoms with Crippen LogP contribution in [0.2, 0.25) is 0 Å². The summed E-state index contributed by atoms with van der Waals surface area (Å²) in [6, 6.07) is 7.77. The third-order valence-electron chi connectivity index (χ3n) is 2.23. The Morgan fingerprint density at radius 3 is 2.56 bits per heavy atom. The van der Waals surface area contributed by atoms with E-state index < -0.39 is 11.9 Å². The smallest absolute Gasteiger partial charge is 0.327 e. The van der Waals surface area contributed by atoms with E-state index >= 15 is 0 Å². The minimum atomic E-state index is -0.480. The third kappa shape index (κ3) is 2.90. The Morgan fingerprint density at radius 1 is 1.25 bits per heavy atom. The van der Waals surface area contributed by atoms with Gasteiger partial charge in [0.1, 0.15) is 0 Å². The van der Waals surface area contributed by atoms with Crippen molar-refractivity contribution in [1.29, 1.82) is 0 Å². The van der Waals surface area contributed by atoms with Crippen LogP contribution in [0.5, 0.6) is 0 Å². The molecule has 1 saturated heterocycles. The number of ether oxygens (including phenoxy) is 1. The van der Waals surface area contributed by atoms with Crippen molar-refractivity contribution in [2.75, 3.05) is 13.1 Å². The first-order chi connectivity index (χ1) is 7.63. The molecular weight excluding hydrogens is 274 g/mol. The summed E-state index contributed by atoms with van der Waals surface area (Å²) in [5.41, 5.74) is 1.05. The van der Waals surface area contributed by atoms with Crippen LogP contribution in [0.4, 0.5) is 0 Å². The van der Waals surface area contributed by atoms with Gasteiger partial charge in [0.2, 0.25) is 0 Å². The van der Waals surface area contributed by atoms with Gasteiger partial charge in [-0.3, -0.25) is 14.5 Å². The SMILES string of the molecule is O=C1CN(Cc2cccc(Br)c2)CC(=O)O1. The Hall–Kier alpha value is -1.20. The zero-order chi connectivity index (χ0) is 11.5. The van der Waals surface area contributed by atoms with Crippen molar-refractivity contribution in [1.82, 2.24) is 4.90 Å². The van der Waals surface area contributed by atoms with Gasteiger partial charge in [0.05, 0.1) is 13.1 Å². The number of morpholine rings is 1. The monoisotopic (exact) mass is 283 g/mol. The van der Waals surface area contributed by atoms with Gasteiger partial charge in [-0.1, -0.05) is 28.1 Å². The average Bonchev–Trinajstić information content (AvgIpc) is 2.15. The van der Waals surface area contributed by atoms with E-state index in [2.05, 4.69) is 20.7 Å². The fraction of sp³-hybridized carbons (Fsp3) is 0.273. The van der Waals surface area contributed by atoms with E-state index in [0.29, 0.717) is 6.54 Å². The molecule has 0 amide bonds. The van der Waals surface area contributed by atoms with Crippen molar-refractivity contribution in [3.63, 3.8) is 0 Å². The maximum atomic E-state index is 11.0. The van der Waals surface area contributed by atoms with Gasteiger partial charge in [0, 0.05) is 11.0 Å². The number of hydrogen-bond donors (Lipinski definition) is 0. The van der Waals surface area contributed by atoms with E-state index in [1.807, 2.05) is 24.3 Å². The predicted molar refractivity (Wildman–Crippen MR) is 60.5 cm³/mol. The number of halogens is 1. The number of nitrogens with zero attached hydrogens (tertiary/aromatic N) is 1. The highest BCUT2D eigenvalue weighted by Crippen LogP contribution is 2.14. The van der Waals surface area contributed by atoms with Gasteiger partial charge in [-0.15, -0.1) is 0 Å². The van der Waals surface area contributed by atoms with Crippen LogP contribution in [0.15, 0.2) is 28.7 Å². The summed E-state index contributed by atoms with van der Waals surface area (Å²) < 4.78 is 5.43. The summed E-state index contributed by atoms with van der Waals surface area (Å²) in [5, 5.41) is 0. The van der Waals surface area contributed by atoms with Gasteiger partial charge in [-0.2, -0.15) is 0 Å². The number of benzene rings is 1. The molecule has 16 heavy (non-hydrogen) atoms. The van der Waals surface area contributed by atoms with Gasteiger partial charge in [-0.05, 0) is 17.7 Å². The maximum Gasteiger partial charge on any atom is 0.327 e. The summed E-state index contributed by atoms with van der Waals surface area (Å²) in [6.07, 6.45) is 0. The summed E-state index contributed by atoms with van der Waals surface area (Å²) in [7, 11) is 0. The molecule has 1 fully saturated rings. The largest absolute Gasteiger partial charge is 0.391 e. The molecule has 84 valence electrons. The van der Waals surface area contributed by atoms with Crippen LogP contribution in [-0.2, 0) is 20.9 Å². The first-order valence-corrected chi connectivity index (χ1v) is 5.63. The van der Waals surface area contributed by atoms with E-state index in [4.69, 9.17) is 0 Å². The van der Waals surface area contributed by atoms with Gasteiger partial charge in [0.25, 0.3) is 0 Å². The minimum Gasteiger partial charge on any atom is -0.391 e. The average molecular weight is 284 g/mol. The molecule has 0 N–H and O–H groups in total. The van der Waals surface area contributed by atoms with Crippen molar-refractivity contribution in [3.8, 4) is 0 Å². The van der Waals surface area contributed by atoms with Gasteiger partial charge >= 0.3 is 11.9 Å². The second kappa shape index (κ2) is 4.76. The Kier molecular flexibility index (Phi) is 3.36. The lowest BCUT2D eigenvalue weighted by Crippen LogP contribution is -2.42. The van der Waals surface area contributed by atoms with Crippen molar-refractivity contribution in [3.05, 3.63) is 34.3 Å². The van der Waals surface area contributed by atoms with E-state index in [1.54, 1.807) is 4.90 Å². The molecule has 0 radical (unpaired) electrons. The van der Waals surface area contributed by atoms with E-state index in [0.717, 1.165) is 10.0 Å². The summed E-state index contributed by atoms with van der Waals surface area (Å²) in [4.78, 5) is 23.9. The molecule has 0 aliphatic carbocycles. The summed E-state index contributed by atoms with van der Waals surface area (Å²) in [6.45, 7) is 0.900. The van der Waals surface area contributed by atoms with Crippen LogP contribution < -0.4 is 0 Å². The zero-order valence-electron chi connectivity index (χ0n) is 8.48. The number of carbonyl (C=O) groups excluding carboxylic acids is 2. The normalized spacial score (nSPS) is 17.3. The lowest BCUT2D eigenvalue weighted by Gasteiger charge is -2.24. The molecule has 0 saturated carbocycles. The van der Waals surface area contributed by atoms with Crippen molar-refractivity contribution >= 4 is 27.9 Å². The fourth-order valence-corrected chi connectivity index (χ4v) is 2.06. The molecule has 1 heterocycles. The zero-order valence-corrected chi connectivity index (χ0v) is 10.1. The number of hydrogen-bond acceptors (Lipinski definition) is 4. The highest BCUT2D eigenvalue weighted by atomic mass is 79.9. The van der Waals surface area contributed by atoms with Crippen molar-refractivity contribution in [2.24, 2.45) is 0 Å². The number of carbonyl (C=O) groups is 2. The maximum absolute atomic E-state index is 11.0. The molecule has 0 aromatic heterocycles. The number of rotatable bonds is 2. The second-order valence-electron chi connectivity index (χ2n) is 3.62. The lowest BCUT2D eigenvalue weighted by atomic mass is 10.2. The van der Waals surface area contributed by atoms with Gasteiger partial charge < -0.3 is 4.74 Å². The second-order valence-corrected chi connectivity index (χ2v) is 4.54. The van der Waals surface area contributed by atoms with Crippen molar-refractivity contribution in [2.45, 2.75) is 6.54 Å². The van der Waals surface area contributed by atoms with Crippen LogP contribution in [0.1, 0.15) is 5.56 Å². The molecule has 5 heteroatoms. The summed E-state index contributed by atoms with van der Waals surface area (Å²) >= 11 is 3.37. The van der Waals surface area contributed by atoms with Crippen LogP contribution in [0.3, 0.4) is 0 Å². The van der Waals surface area contributed by atoms with E-state index in [9.17, 15) is 9.59 Å². The Balaban J connectivity index is 2.04. The molecule has 1 aromatic carbocycles. The quantitative estimate of drug-likeness (QED) is 0.607.